The maximum atomic E-state index is 9.31. The molecule has 4 N–H and O–H groups in total. The summed E-state index contributed by atoms with van der Waals surface area (Å²) in [5, 5.41) is 37.2. The predicted octanol–water partition coefficient (Wildman–Crippen LogP) is 1.13. The number of aliphatic hydroxyl groups is 4. The normalized spacial score (nSPS) is 13.0. The van der Waals surface area contributed by atoms with Crippen LogP contribution in [0.25, 0.3) is 0 Å². The standard InChI is InChI=1S/C12H26O4S2/c1-3-11(5-13,6-14)9-17-18-10-12(4-2,7-15)8-16/h13-16H,3-10H2,1-2H3. The number of rotatable bonds is 11. The van der Waals surface area contributed by atoms with Gasteiger partial charge in [-0.05, 0) is 12.8 Å². The Bertz CT molecular complexity index is 168. The molecular formula is C12H26O4S2. The van der Waals surface area contributed by atoms with Crippen molar-refractivity contribution in [1.29, 1.82) is 0 Å². The topological polar surface area (TPSA) is 80.9 Å². The van der Waals surface area contributed by atoms with Gasteiger partial charge in [0.15, 0.2) is 0 Å². The van der Waals surface area contributed by atoms with Gasteiger partial charge < -0.3 is 20.4 Å². The van der Waals surface area contributed by atoms with E-state index in [9.17, 15) is 20.4 Å². The van der Waals surface area contributed by atoms with Gasteiger partial charge in [-0.2, -0.15) is 0 Å². The van der Waals surface area contributed by atoms with E-state index in [0.717, 1.165) is 12.8 Å². The Labute approximate surface area is 118 Å². The summed E-state index contributed by atoms with van der Waals surface area (Å²) in [6.07, 6.45) is 1.46. The molecule has 0 saturated heterocycles. The average molecular weight is 298 g/mol. The van der Waals surface area contributed by atoms with Gasteiger partial charge in [0, 0.05) is 22.3 Å². The van der Waals surface area contributed by atoms with Crippen LogP contribution in [0.3, 0.4) is 0 Å². The lowest BCUT2D eigenvalue weighted by Crippen LogP contribution is -2.33. The molecule has 0 radical (unpaired) electrons. The molecule has 4 nitrogen and oxygen atoms in total. The molecule has 0 atom stereocenters. The molecule has 0 aliphatic carbocycles. The molecule has 0 unspecified atom stereocenters. The molecule has 0 saturated carbocycles. The van der Waals surface area contributed by atoms with Crippen LogP contribution < -0.4 is 0 Å². The van der Waals surface area contributed by atoms with Crippen molar-refractivity contribution < 1.29 is 20.4 Å². The Balaban J connectivity index is 4.11. The van der Waals surface area contributed by atoms with Gasteiger partial charge in [-0.15, -0.1) is 0 Å². The van der Waals surface area contributed by atoms with E-state index in [-0.39, 0.29) is 26.4 Å². The average Bonchev–Trinajstić information content (AvgIpc) is 2.45. The van der Waals surface area contributed by atoms with Gasteiger partial charge in [-0.1, -0.05) is 35.4 Å². The predicted molar refractivity (Wildman–Crippen MR) is 78.7 cm³/mol. The van der Waals surface area contributed by atoms with E-state index in [2.05, 4.69) is 0 Å². The Morgan fingerprint density at radius 1 is 0.667 bits per heavy atom. The fraction of sp³-hybridized carbons (Fsp3) is 1.00. The summed E-state index contributed by atoms with van der Waals surface area (Å²) in [4.78, 5) is 0. The third kappa shape index (κ3) is 5.27. The smallest absolute Gasteiger partial charge is 0.0517 e. The summed E-state index contributed by atoms with van der Waals surface area (Å²) < 4.78 is 0. The Morgan fingerprint density at radius 2 is 0.944 bits per heavy atom. The highest BCUT2D eigenvalue weighted by molar-refractivity contribution is 8.76. The lowest BCUT2D eigenvalue weighted by atomic mass is 9.90. The van der Waals surface area contributed by atoms with Crippen LogP contribution in [-0.2, 0) is 0 Å². The summed E-state index contributed by atoms with van der Waals surface area (Å²) in [5.74, 6) is 1.33. The minimum atomic E-state index is -0.426. The van der Waals surface area contributed by atoms with Gasteiger partial charge in [-0.3, -0.25) is 0 Å². The first-order valence-electron chi connectivity index (χ1n) is 6.25. The Morgan fingerprint density at radius 3 is 1.11 bits per heavy atom. The van der Waals surface area contributed by atoms with Crippen LogP contribution in [0, 0.1) is 10.8 Å². The highest BCUT2D eigenvalue weighted by Gasteiger charge is 2.29. The minimum Gasteiger partial charge on any atom is -0.396 e. The molecule has 0 aliphatic rings. The second-order valence-corrected chi connectivity index (χ2v) is 7.33. The first kappa shape index (κ1) is 18.5. The number of hydrogen-bond acceptors (Lipinski definition) is 6. The summed E-state index contributed by atoms with van der Waals surface area (Å²) in [6.45, 7) is 3.82. The molecule has 0 fully saturated rings. The fourth-order valence-corrected chi connectivity index (χ4v) is 4.71. The lowest BCUT2D eigenvalue weighted by molar-refractivity contribution is 0.0705. The van der Waals surface area contributed by atoms with Crippen molar-refractivity contribution in [2.75, 3.05) is 37.9 Å². The third-order valence-corrected chi connectivity index (χ3v) is 6.49. The monoisotopic (exact) mass is 298 g/mol. The van der Waals surface area contributed by atoms with Crippen molar-refractivity contribution in [3.63, 3.8) is 0 Å². The molecule has 18 heavy (non-hydrogen) atoms. The van der Waals surface area contributed by atoms with E-state index >= 15 is 0 Å². The van der Waals surface area contributed by atoms with Crippen molar-refractivity contribution >= 4 is 21.6 Å². The molecule has 0 spiro atoms. The van der Waals surface area contributed by atoms with Gasteiger partial charge in [0.05, 0.1) is 26.4 Å². The van der Waals surface area contributed by atoms with Crippen LogP contribution in [0.2, 0.25) is 0 Å². The van der Waals surface area contributed by atoms with Crippen LogP contribution in [0.15, 0.2) is 0 Å². The molecule has 0 aromatic carbocycles. The van der Waals surface area contributed by atoms with E-state index < -0.39 is 10.8 Å². The zero-order chi connectivity index (χ0) is 14.1. The van der Waals surface area contributed by atoms with E-state index in [0.29, 0.717) is 11.5 Å². The van der Waals surface area contributed by atoms with Crippen molar-refractivity contribution in [3.8, 4) is 0 Å². The van der Waals surface area contributed by atoms with Crippen LogP contribution >= 0.6 is 21.6 Å². The zero-order valence-electron chi connectivity index (χ0n) is 11.3. The van der Waals surface area contributed by atoms with Gasteiger partial charge in [0.1, 0.15) is 0 Å². The fourth-order valence-electron chi connectivity index (χ4n) is 1.27. The molecule has 110 valence electrons. The van der Waals surface area contributed by atoms with E-state index in [1.807, 2.05) is 13.8 Å². The first-order valence-corrected chi connectivity index (χ1v) is 8.74. The SMILES string of the molecule is CCC(CO)(CO)CSSCC(CC)(CO)CO. The molecule has 0 heterocycles. The van der Waals surface area contributed by atoms with Gasteiger partial charge in [0.25, 0.3) is 0 Å². The maximum Gasteiger partial charge on any atom is 0.0517 e. The summed E-state index contributed by atoms with van der Waals surface area (Å²) >= 11 is 0. The van der Waals surface area contributed by atoms with Crippen LogP contribution in [-0.4, -0.2) is 58.4 Å². The lowest BCUT2D eigenvalue weighted by Gasteiger charge is -2.30. The minimum absolute atomic E-state index is 0.0213. The van der Waals surface area contributed by atoms with Crippen molar-refractivity contribution in [1.82, 2.24) is 0 Å². The van der Waals surface area contributed by atoms with Crippen molar-refractivity contribution in [2.24, 2.45) is 10.8 Å². The molecule has 6 heteroatoms. The quantitative estimate of drug-likeness (QED) is 0.338. The largest absolute Gasteiger partial charge is 0.396 e. The van der Waals surface area contributed by atoms with Gasteiger partial charge >= 0.3 is 0 Å². The molecule has 0 amide bonds. The summed E-state index contributed by atoms with van der Waals surface area (Å²) in [5.41, 5.74) is -0.851. The second-order valence-electron chi connectivity index (χ2n) is 4.86. The summed E-state index contributed by atoms with van der Waals surface area (Å²) in [7, 11) is 3.16. The van der Waals surface area contributed by atoms with Crippen LogP contribution in [0.5, 0.6) is 0 Å². The van der Waals surface area contributed by atoms with E-state index in [1.54, 1.807) is 21.6 Å². The van der Waals surface area contributed by atoms with E-state index in [1.165, 1.54) is 0 Å². The number of hydrogen-bond donors (Lipinski definition) is 4. The first-order chi connectivity index (χ1) is 8.57. The molecule has 0 aliphatic heterocycles. The Kier molecular flexibility index (Phi) is 9.73. The van der Waals surface area contributed by atoms with Crippen LogP contribution in [0.4, 0.5) is 0 Å². The molecule has 0 aromatic rings. The highest BCUT2D eigenvalue weighted by atomic mass is 33.1. The third-order valence-electron chi connectivity index (χ3n) is 3.66. The van der Waals surface area contributed by atoms with Crippen molar-refractivity contribution in [3.05, 3.63) is 0 Å². The molecular weight excluding hydrogens is 272 g/mol. The van der Waals surface area contributed by atoms with E-state index in [4.69, 9.17) is 0 Å². The van der Waals surface area contributed by atoms with Crippen LogP contribution in [0.1, 0.15) is 26.7 Å². The zero-order valence-corrected chi connectivity index (χ0v) is 12.9. The van der Waals surface area contributed by atoms with Gasteiger partial charge in [0.2, 0.25) is 0 Å². The molecule has 0 rings (SSSR count). The second kappa shape index (κ2) is 9.44. The molecule has 0 bridgehead atoms. The van der Waals surface area contributed by atoms with Crippen molar-refractivity contribution in [2.45, 2.75) is 26.7 Å². The highest BCUT2D eigenvalue weighted by Crippen LogP contribution is 2.37. The maximum absolute atomic E-state index is 9.31. The number of aliphatic hydroxyl groups excluding tert-OH is 4. The Hall–Kier alpha value is 0.540. The summed E-state index contributed by atoms with van der Waals surface area (Å²) in [6, 6.07) is 0. The van der Waals surface area contributed by atoms with Gasteiger partial charge in [-0.25, -0.2) is 0 Å². The molecule has 0 aromatic heterocycles.